The Morgan fingerprint density at radius 1 is 1.26 bits per heavy atom. The average molecular weight is 363 g/mol. The molecule has 3 aromatic rings. The molecule has 2 aromatic heterocycles. The number of aromatic carboxylic acids is 1. The number of nitrogens with zero attached hydrogens (tertiary/aromatic N) is 3. The van der Waals surface area contributed by atoms with Crippen LogP contribution in [0.4, 0.5) is 0 Å². The van der Waals surface area contributed by atoms with Crippen molar-refractivity contribution in [1.29, 1.82) is 0 Å². The fourth-order valence-electron chi connectivity index (χ4n) is 3.08. The summed E-state index contributed by atoms with van der Waals surface area (Å²) in [5.41, 5.74) is 4.27. The average Bonchev–Trinajstić information content (AvgIpc) is 3.41. The molecule has 138 valence electrons. The summed E-state index contributed by atoms with van der Waals surface area (Å²) in [6, 6.07) is 9.12. The molecule has 1 N–H and O–H groups in total. The molecule has 0 bridgehead atoms. The quantitative estimate of drug-likeness (QED) is 0.718. The van der Waals surface area contributed by atoms with E-state index in [-0.39, 0.29) is 5.56 Å². The summed E-state index contributed by atoms with van der Waals surface area (Å²) in [7, 11) is 1.92. The normalized spacial score (nSPS) is 13.6. The Morgan fingerprint density at radius 2 is 2.07 bits per heavy atom. The summed E-state index contributed by atoms with van der Waals surface area (Å²) in [5.74, 6) is 0.478. The zero-order chi connectivity index (χ0) is 19.0. The fourth-order valence-corrected chi connectivity index (χ4v) is 3.08. The molecule has 6 heteroatoms. The van der Waals surface area contributed by atoms with Crippen molar-refractivity contribution >= 4 is 5.97 Å². The van der Waals surface area contributed by atoms with Gasteiger partial charge < -0.3 is 14.4 Å². The molecular weight excluding hydrogens is 342 g/mol. The number of hydrogen-bond acceptors (Lipinski definition) is 4. The van der Waals surface area contributed by atoms with Crippen LogP contribution in [0.2, 0.25) is 0 Å². The maximum atomic E-state index is 11.3. The molecule has 1 fully saturated rings. The molecule has 4 rings (SSSR count). The van der Waals surface area contributed by atoms with Crippen molar-refractivity contribution in [2.45, 2.75) is 19.8 Å². The zero-order valence-electron chi connectivity index (χ0n) is 15.3. The first kappa shape index (κ1) is 17.3. The van der Waals surface area contributed by atoms with E-state index in [2.05, 4.69) is 16.0 Å². The third kappa shape index (κ3) is 3.56. The number of carboxylic acids is 1. The van der Waals surface area contributed by atoms with Crippen LogP contribution in [0, 0.1) is 12.8 Å². The Kier molecular flexibility index (Phi) is 4.39. The molecular formula is C21H21N3O3. The largest absolute Gasteiger partial charge is 0.493 e. The zero-order valence-corrected chi connectivity index (χ0v) is 15.3. The van der Waals surface area contributed by atoms with Crippen LogP contribution in [0.15, 0.2) is 42.9 Å². The van der Waals surface area contributed by atoms with Gasteiger partial charge in [0.15, 0.2) is 0 Å². The van der Waals surface area contributed by atoms with Crippen molar-refractivity contribution in [1.82, 2.24) is 14.5 Å². The Morgan fingerprint density at radius 3 is 2.81 bits per heavy atom. The first-order chi connectivity index (χ1) is 13.0. The number of carboxylic acid groups (broad SMARTS) is 1. The summed E-state index contributed by atoms with van der Waals surface area (Å²) >= 11 is 0. The molecule has 0 amide bonds. The standard InChI is InChI=1S/C21H21N3O3/c1-13-3-6-18(27-11-14-4-5-14)16(9-13)20-19(23-12-24(20)2)17-10-15(21(25)26)7-8-22-17/h3,6-10,12,14H,4-5,11H2,1-2H3,(H,25,26). The van der Waals surface area contributed by atoms with Gasteiger partial charge in [-0.25, -0.2) is 9.78 Å². The minimum absolute atomic E-state index is 0.186. The predicted octanol–water partition coefficient (Wildman–Crippen LogP) is 3.94. The number of aromatic nitrogens is 3. The van der Waals surface area contributed by atoms with E-state index in [1.54, 1.807) is 12.4 Å². The van der Waals surface area contributed by atoms with Gasteiger partial charge in [-0.05, 0) is 49.9 Å². The Balaban J connectivity index is 1.81. The van der Waals surface area contributed by atoms with E-state index in [9.17, 15) is 9.90 Å². The molecule has 0 radical (unpaired) electrons. The van der Waals surface area contributed by atoms with E-state index < -0.39 is 5.97 Å². The second-order valence-electron chi connectivity index (χ2n) is 7.04. The van der Waals surface area contributed by atoms with Gasteiger partial charge in [-0.3, -0.25) is 4.98 Å². The van der Waals surface area contributed by atoms with Gasteiger partial charge in [0.2, 0.25) is 0 Å². The van der Waals surface area contributed by atoms with Crippen molar-refractivity contribution < 1.29 is 14.6 Å². The lowest BCUT2D eigenvalue weighted by atomic mass is 10.0. The highest BCUT2D eigenvalue weighted by Crippen LogP contribution is 2.38. The van der Waals surface area contributed by atoms with Gasteiger partial charge in [0, 0.05) is 18.8 Å². The van der Waals surface area contributed by atoms with Crippen LogP contribution in [0.5, 0.6) is 5.75 Å². The summed E-state index contributed by atoms with van der Waals surface area (Å²) in [5, 5.41) is 9.28. The Labute approximate surface area is 157 Å². The molecule has 0 aliphatic heterocycles. The number of aryl methyl sites for hydroxylation is 2. The van der Waals surface area contributed by atoms with Gasteiger partial charge in [-0.15, -0.1) is 0 Å². The van der Waals surface area contributed by atoms with Gasteiger partial charge in [0.05, 0.1) is 29.9 Å². The molecule has 1 aliphatic carbocycles. The number of hydrogen-bond donors (Lipinski definition) is 1. The number of ether oxygens (including phenoxy) is 1. The fraction of sp³-hybridized carbons (Fsp3) is 0.286. The van der Waals surface area contributed by atoms with E-state index in [0.29, 0.717) is 17.3 Å². The monoisotopic (exact) mass is 363 g/mol. The molecule has 0 saturated heterocycles. The molecule has 27 heavy (non-hydrogen) atoms. The van der Waals surface area contributed by atoms with Crippen molar-refractivity contribution in [3.8, 4) is 28.4 Å². The highest BCUT2D eigenvalue weighted by molar-refractivity contribution is 5.90. The molecule has 6 nitrogen and oxygen atoms in total. The van der Waals surface area contributed by atoms with Crippen LogP contribution in [-0.4, -0.2) is 32.2 Å². The molecule has 1 aliphatic rings. The predicted molar refractivity (Wildman–Crippen MR) is 102 cm³/mol. The lowest BCUT2D eigenvalue weighted by Crippen LogP contribution is -2.03. The number of imidazole rings is 1. The molecule has 0 atom stereocenters. The number of pyridine rings is 1. The van der Waals surface area contributed by atoms with Gasteiger partial charge in [-0.1, -0.05) is 11.6 Å². The first-order valence-corrected chi connectivity index (χ1v) is 8.98. The SMILES string of the molecule is Cc1ccc(OCC2CC2)c(-c2c(-c3cc(C(=O)O)ccn3)ncn2C)c1. The van der Waals surface area contributed by atoms with E-state index >= 15 is 0 Å². The number of carbonyl (C=O) groups is 1. The van der Waals surface area contributed by atoms with E-state index in [1.165, 1.54) is 25.1 Å². The van der Waals surface area contributed by atoms with Gasteiger partial charge in [-0.2, -0.15) is 0 Å². The van der Waals surface area contributed by atoms with Crippen LogP contribution in [0.25, 0.3) is 22.6 Å². The lowest BCUT2D eigenvalue weighted by Gasteiger charge is -2.14. The van der Waals surface area contributed by atoms with Crippen molar-refractivity contribution in [2.24, 2.45) is 13.0 Å². The highest BCUT2D eigenvalue weighted by atomic mass is 16.5. The van der Waals surface area contributed by atoms with Crippen molar-refractivity contribution in [3.05, 3.63) is 54.0 Å². The summed E-state index contributed by atoms with van der Waals surface area (Å²) in [4.78, 5) is 20.2. The first-order valence-electron chi connectivity index (χ1n) is 8.98. The second kappa shape index (κ2) is 6.87. The molecule has 1 aromatic carbocycles. The minimum Gasteiger partial charge on any atom is -0.493 e. The minimum atomic E-state index is -0.986. The van der Waals surface area contributed by atoms with E-state index in [4.69, 9.17) is 4.74 Å². The molecule has 1 saturated carbocycles. The molecule has 0 spiro atoms. The molecule has 0 unspecified atom stereocenters. The Hall–Kier alpha value is -3.15. The topological polar surface area (TPSA) is 77.2 Å². The smallest absolute Gasteiger partial charge is 0.335 e. The number of rotatable bonds is 6. The maximum absolute atomic E-state index is 11.3. The van der Waals surface area contributed by atoms with Crippen LogP contribution in [-0.2, 0) is 7.05 Å². The lowest BCUT2D eigenvalue weighted by molar-refractivity contribution is 0.0697. The third-order valence-electron chi connectivity index (χ3n) is 4.75. The second-order valence-corrected chi connectivity index (χ2v) is 7.04. The number of benzene rings is 1. The van der Waals surface area contributed by atoms with Crippen LogP contribution < -0.4 is 4.74 Å². The molecule has 2 heterocycles. The summed E-state index contributed by atoms with van der Waals surface area (Å²) in [6.07, 6.45) is 5.67. The van der Waals surface area contributed by atoms with E-state index in [0.717, 1.165) is 29.2 Å². The third-order valence-corrected chi connectivity index (χ3v) is 4.75. The summed E-state index contributed by atoms with van der Waals surface area (Å²) < 4.78 is 8.01. The van der Waals surface area contributed by atoms with Gasteiger partial charge >= 0.3 is 5.97 Å². The maximum Gasteiger partial charge on any atom is 0.335 e. The Bertz CT molecular complexity index is 1010. The van der Waals surface area contributed by atoms with Gasteiger partial charge in [0.1, 0.15) is 11.4 Å². The van der Waals surface area contributed by atoms with E-state index in [1.807, 2.05) is 30.7 Å². The summed E-state index contributed by atoms with van der Waals surface area (Å²) in [6.45, 7) is 2.75. The van der Waals surface area contributed by atoms with Crippen molar-refractivity contribution in [3.63, 3.8) is 0 Å². The van der Waals surface area contributed by atoms with Crippen LogP contribution in [0.3, 0.4) is 0 Å². The van der Waals surface area contributed by atoms with Crippen molar-refractivity contribution in [2.75, 3.05) is 6.61 Å². The van der Waals surface area contributed by atoms with Gasteiger partial charge in [0.25, 0.3) is 0 Å². The van der Waals surface area contributed by atoms with Crippen LogP contribution in [0.1, 0.15) is 28.8 Å². The van der Waals surface area contributed by atoms with Crippen LogP contribution >= 0.6 is 0 Å². The highest BCUT2D eigenvalue weighted by Gasteiger charge is 2.24.